The first-order valence-electron chi connectivity index (χ1n) is 9.21. The molecular formula is C21H24Cl3NO4. The highest BCUT2D eigenvalue weighted by Crippen LogP contribution is 2.38. The number of halogens is 3. The predicted molar refractivity (Wildman–Crippen MR) is 117 cm³/mol. The number of ether oxygens (including phenoxy) is 2. The van der Waals surface area contributed by atoms with Crippen molar-refractivity contribution < 1.29 is 19.4 Å². The predicted octanol–water partition coefficient (Wildman–Crippen LogP) is 5.82. The molecule has 0 amide bonds. The van der Waals surface area contributed by atoms with Crippen LogP contribution in [0.5, 0.6) is 11.5 Å². The van der Waals surface area contributed by atoms with E-state index in [1.165, 1.54) is 0 Å². The van der Waals surface area contributed by atoms with Gasteiger partial charge >= 0.3 is 5.97 Å². The molecule has 8 heteroatoms. The van der Waals surface area contributed by atoms with Crippen molar-refractivity contribution in [3.05, 3.63) is 56.5 Å². The van der Waals surface area contributed by atoms with Crippen LogP contribution in [0.3, 0.4) is 0 Å². The van der Waals surface area contributed by atoms with E-state index < -0.39 is 12.0 Å². The van der Waals surface area contributed by atoms with Crippen LogP contribution in [0.25, 0.3) is 0 Å². The van der Waals surface area contributed by atoms with Gasteiger partial charge < -0.3 is 19.9 Å². The third-order valence-electron chi connectivity index (χ3n) is 4.25. The Labute approximate surface area is 185 Å². The number of hydrogen-bond donors (Lipinski definition) is 2. The van der Waals surface area contributed by atoms with Crippen molar-refractivity contribution in [3.63, 3.8) is 0 Å². The Kier molecular flexibility index (Phi) is 8.90. The fourth-order valence-corrected chi connectivity index (χ4v) is 3.57. The van der Waals surface area contributed by atoms with Crippen LogP contribution in [-0.4, -0.2) is 23.7 Å². The van der Waals surface area contributed by atoms with Gasteiger partial charge in [-0.15, -0.1) is 0 Å². The minimum Gasteiger partial charge on any atom is -0.490 e. The smallest absolute Gasteiger partial charge is 0.320 e. The van der Waals surface area contributed by atoms with E-state index in [0.29, 0.717) is 45.3 Å². The molecular weight excluding hydrogens is 437 g/mol. The largest absolute Gasteiger partial charge is 0.490 e. The Morgan fingerprint density at radius 2 is 1.76 bits per heavy atom. The molecule has 0 saturated heterocycles. The van der Waals surface area contributed by atoms with Crippen LogP contribution in [-0.2, 0) is 17.9 Å². The molecule has 0 spiro atoms. The van der Waals surface area contributed by atoms with E-state index in [4.69, 9.17) is 44.3 Å². The van der Waals surface area contributed by atoms with Gasteiger partial charge in [-0.1, -0.05) is 54.7 Å². The Hall–Kier alpha value is -1.66. The second-order valence-corrected chi connectivity index (χ2v) is 7.99. The molecule has 158 valence electrons. The van der Waals surface area contributed by atoms with Gasteiger partial charge in [0, 0.05) is 22.2 Å². The zero-order chi connectivity index (χ0) is 21.6. The standard InChI is InChI=1S/C21H24Cl3NO4/c1-4-28-18-9-13(10-25-19(12(2)3)21(26)27)8-17(24)20(18)29-11-14-15(22)6-5-7-16(14)23/h5-9,12,19,25H,4,10-11H2,1-3H3,(H,26,27). The summed E-state index contributed by atoms with van der Waals surface area (Å²) in [5.74, 6) is -0.103. The van der Waals surface area contributed by atoms with Crippen molar-refractivity contribution in [3.8, 4) is 11.5 Å². The maximum Gasteiger partial charge on any atom is 0.320 e. The van der Waals surface area contributed by atoms with Crippen LogP contribution in [0, 0.1) is 5.92 Å². The molecule has 0 fully saturated rings. The minimum atomic E-state index is -0.896. The van der Waals surface area contributed by atoms with Gasteiger partial charge in [-0.05, 0) is 42.7 Å². The van der Waals surface area contributed by atoms with Gasteiger partial charge in [0.25, 0.3) is 0 Å². The highest BCUT2D eigenvalue weighted by molar-refractivity contribution is 6.36. The Bertz CT molecular complexity index is 838. The van der Waals surface area contributed by atoms with Gasteiger partial charge in [0.05, 0.1) is 11.6 Å². The molecule has 0 aliphatic heterocycles. The maximum atomic E-state index is 11.4. The monoisotopic (exact) mass is 459 g/mol. The highest BCUT2D eigenvalue weighted by Gasteiger charge is 2.21. The summed E-state index contributed by atoms with van der Waals surface area (Å²) in [6, 6.07) is 8.07. The Morgan fingerprint density at radius 1 is 1.10 bits per heavy atom. The topological polar surface area (TPSA) is 67.8 Å². The zero-order valence-corrected chi connectivity index (χ0v) is 18.7. The van der Waals surface area contributed by atoms with Gasteiger partial charge in [-0.2, -0.15) is 0 Å². The van der Waals surface area contributed by atoms with Crippen LogP contribution in [0.1, 0.15) is 31.9 Å². The average Bonchev–Trinajstić information content (AvgIpc) is 2.62. The van der Waals surface area contributed by atoms with Crippen molar-refractivity contribution in [1.29, 1.82) is 0 Å². The van der Waals surface area contributed by atoms with Gasteiger partial charge in [0.15, 0.2) is 11.5 Å². The summed E-state index contributed by atoms with van der Waals surface area (Å²) in [5, 5.41) is 13.7. The van der Waals surface area contributed by atoms with Crippen LogP contribution in [0.4, 0.5) is 0 Å². The molecule has 5 nitrogen and oxygen atoms in total. The van der Waals surface area contributed by atoms with Gasteiger partial charge in [-0.25, -0.2) is 0 Å². The summed E-state index contributed by atoms with van der Waals surface area (Å²) in [6.45, 7) is 6.42. The number of carboxylic acids is 1. The summed E-state index contributed by atoms with van der Waals surface area (Å²) in [4.78, 5) is 11.4. The van der Waals surface area contributed by atoms with E-state index in [1.807, 2.05) is 20.8 Å². The summed E-state index contributed by atoms with van der Waals surface area (Å²) >= 11 is 18.8. The van der Waals surface area contributed by atoms with Crippen LogP contribution < -0.4 is 14.8 Å². The molecule has 2 N–H and O–H groups in total. The van der Waals surface area contributed by atoms with Crippen LogP contribution in [0.15, 0.2) is 30.3 Å². The average molecular weight is 461 g/mol. The quantitative estimate of drug-likeness (QED) is 0.467. The third-order valence-corrected chi connectivity index (χ3v) is 5.24. The molecule has 29 heavy (non-hydrogen) atoms. The first-order chi connectivity index (χ1) is 13.7. The molecule has 0 aliphatic rings. The van der Waals surface area contributed by atoms with Gasteiger partial charge in [0.1, 0.15) is 12.6 Å². The number of rotatable bonds is 10. The van der Waals surface area contributed by atoms with Crippen molar-refractivity contribution in [1.82, 2.24) is 5.32 Å². The van der Waals surface area contributed by atoms with Crippen molar-refractivity contribution in [2.24, 2.45) is 5.92 Å². The van der Waals surface area contributed by atoms with E-state index >= 15 is 0 Å². The van der Waals surface area contributed by atoms with E-state index in [2.05, 4.69) is 5.32 Å². The summed E-state index contributed by atoms with van der Waals surface area (Å²) < 4.78 is 11.6. The van der Waals surface area contributed by atoms with Crippen molar-refractivity contribution in [2.75, 3.05) is 6.61 Å². The number of carbonyl (C=O) groups is 1. The fraction of sp³-hybridized carbons (Fsp3) is 0.381. The van der Waals surface area contributed by atoms with Crippen LogP contribution in [0.2, 0.25) is 15.1 Å². The lowest BCUT2D eigenvalue weighted by Gasteiger charge is -2.19. The molecule has 0 aromatic heterocycles. The molecule has 1 unspecified atom stereocenters. The number of aliphatic carboxylic acids is 1. The maximum absolute atomic E-state index is 11.4. The zero-order valence-electron chi connectivity index (χ0n) is 16.5. The SMILES string of the molecule is CCOc1cc(CNC(C(=O)O)C(C)C)cc(Cl)c1OCc1c(Cl)cccc1Cl. The second-order valence-electron chi connectivity index (χ2n) is 6.77. The molecule has 2 rings (SSSR count). The molecule has 2 aromatic carbocycles. The van der Waals surface area contributed by atoms with E-state index in [-0.39, 0.29) is 12.5 Å². The molecule has 0 bridgehead atoms. The van der Waals surface area contributed by atoms with Gasteiger partial charge in [-0.3, -0.25) is 4.79 Å². The lowest BCUT2D eigenvalue weighted by Crippen LogP contribution is -2.40. The fourth-order valence-electron chi connectivity index (χ4n) is 2.78. The minimum absolute atomic E-state index is 0.0580. The number of benzene rings is 2. The molecule has 0 saturated carbocycles. The second kappa shape index (κ2) is 10.9. The normalized spacial score (nSPS) is 12.1. The highest BCUT2D eigenvalue weighted by atomic mass is 35.5. The molecule has 0 radical (unpaired) electrons. The summed E-state index contributed by atoms with van der Waals surface area (Å²) in [6.07, 6.45) is 0. The first-order valence-corrected chi connectivity index (χ1v) is 10.3. The first kappa shape index (κ1) is 23.6. The number of carboxylic acid groups (broad SMARTS) is 1. The Balaban J connectivity index is 2.22. The lowest BCUT2D eigenvalue weighted by molar-refractivity contribution is -0.140. The van der Waals surface area contributed by atoms with E-state index in [9.17, 15) is 9.90 Å². The van der Waals surface area contributed by atoms with Crippen LogP contribution >= 0.6 is 34.8 Å². The lowest BCUT2D eigenvalue weighted by atomic mass is 10.0. The Morgan fingerprint density at radius 3 is 2.31 bits per heavy atom. The third kappa shape index (κ3) is 6.41. The number of hydrogen-bond acceptors (Lipinski definition) is 4. The molecule has 0 aliphatic carbocycles. The number of nitrogens with one attached hydrogen (secondary N) is 1. The summed E-state index contributed by atoms with van der Waals surface area (Å²) in [5.41, 5.74) is 1.44. The van der Waals surface area contributed by atoms with E-state index in [1.54, 1.807) is 30.3 Å². The summed E-state index contributed by atoms with van der Waals surface area (Å²) in [7, 11) is 0. The van der Waals surface area contributed by atoms with Gasteiger partial charge in [0.2, 0.25) is 0 Å². The van der Waals surface area contributed by atoms with E-state index in [0.717, 1.165) is 5.56 Å². The van der Waals surface area contributed by atoms with Crippen molar-refractivity contribution in [2.45, 2.75) is 40.0 Å². The molecule has 2 aromatic rings. The van der Waals surface area contributed by atoms with Crippen molar-refractivity contribution >= 4 is 40.8 Å². The molecule has 0 heterocycles. The molecule has 1 atom stereocenters.